The highest BCUT2D eigenvalue weighted by Crippen LogP contribution is 2.32. The summed E-state index contributed by atoms with van der Waals surface area (Å²) in [5.74, 6) is 2.46. The number of aliphatic hydroxyl groups is 1. The van der Waals surface area contributed by atoms with E-state index in [1.165, 1.54) is 0 Å². The van der Waals surface area contributed by atoms with E-state index in [0.29, 0.717) is 37.7 Å². The van der Waals surface area contributed by atoms with Crippen molar-refractivity contribution in [3.63, 3.8) is 0 Å². The van der Waals surface area contributed by atoms with E-state index in [9.17, 15) is 9.90 Å². The summed E-state index contributed by atoms with van der Waals surface area (Å²) in [6.45, 7) is 3.26. The number of hydrogen-bond acceptors (Lipinski definition) is 8. The fourth-order valence-corrected chi connectivity index (χ4v) is 3.40. The number of fused-ring (bicyclic) bond motifs is 1. The van der Waals surface area contributed by atoms with Crippen LogP contribution in [0.1, 0.15) is 17.7 Å². The Morgan fingerprint density at radius 2 is 2.12 bits per heavy atom. The highest BCUT2D eigenvalue weighted by molar-refractivity contribution is 5.81. The number of rotatable bonds is 10. The lowest BCUT2D eigenvalue weighted by Gasteiger charge is -2.23. The first kappa shape index (κ1) is 21.6. The van der Waals surface area contributed by atoms with Crippen LogP contribution in [0.5, 0.6) is 11.5 Å². The molecule has 0 bridgehead atoms. The summed E-state index contributed by atoms with van der Waals surface area (Å²) in [5.41, 5.74) is 1.83. The van der Waals surface area contributed by atoms with Gasteiger partial charge in [-0.15, -0.1) is 0 Å². The Kier molecular flexibility index (Phi) is 6.81. The molecule has 2 N–H and O–H groups in total. The van der Waals surface area contributed by atoms with Crippen molar-refractivity contribution in [3.8, 4) is 17.4 Å². The number of aliphatic hydroxyl groups excluding tert-OH is 1. The molecule has 32 heavy (non-hydrogen) atoms. The Balaban J connectivity index is 1.38. The number of nitrogens with one attached hydrogen (secondary N) is 1. The maximum atomic E-state index is 12.6. The first-order chi connectivity index (χ1) is 15.6. The number of imidazole rings is 1. The SMILES string of the molecule is Cc1cc(N(CCCO)CC(=O)NCCc2ccc3c(c2)OCO3)nc(-n2ccnc2)n1. The van der Waals surface area contributed by atoms with E-state index in [1.807, 2.05) is 36.1 Å². The van der Waals surface area contributed by atoms with E-state index < -0.39 is 0 Å². The second kappa shape index (κ2) is 10.1. The maximum absolute atomic E-state index is 12.6. The molecule has 4 rings (SSSR count). The van der Waals surface area contributed by atoms with Crippen molar-refractivity contribution in [2.45, 2.75) is 19.8 Å². The Hall–Kier alpha value is -3.66. The molecule has 168 valence electrons. The standard InChI is InChI=1S/C22H26N6O4/c1-16-11-20(26-22(25-16)28-9-7-23-14-28)27(8-2-10-29)13-21(30)24-6-5-17-3-4-18-19(12-17)32-15-31-18/h3-4,7,9,11-12,14,29H,2,5-6,8,10,13,15H2,1H3,(H,24,30). The normalized spacial score (nSPS) is 12.1. The number of hydrogen-bond donors (Lipinski definition) is 2. The summed E-state index contributed by atoms with van der Waals surface area (Å²) < 4.78 is 12.4. The van der Waals surface area contributed by atoms with Crippen LogP contribution in [0.4, 0.5) is 5.82 Å². The van der Waals surface area contributed by atoms with E-state index in [0.717, 1.165) is 22.8 Å². The van der Waals surface area contributed by atoms with E-state index in [4.69, 9.17) is 9.47 Å². The van der Waals surface area contributed by atoms with Crippen LogP contribution in [0.3, 0.4) is 0 Å². The van der Waals surface area contributed by atoms with Gasteiger partial charge in [0.05, 0.1) is 6.54 Å². The number of carbonyl (C=O) groups excluding carboxylic acids is 1. The minimum atomic E-state index is -0.121. The average Bonchev–Trinajstić information content (AvgIpc) is 3.48. The lowest BCUT2D eigenvalue weighted by Crippen LogP contribution is -2.39. The van der Waals surface area contributed by atoms with Crippen LogP contribution in [0.25, 0.3) is 5.95 Å². The van der Waals surface area contributed by atoms with Crippen LogP contribution in [-0.2, 0) is 11.2 Å². The van der Waals surface area contributed by atoms with E-state index in [1.54, 1.807) is 23.3 Å². The van der Waals surface area contributed by atoms with Gasteiger partial charge in [0.1, 0.15) is 12.1 Å². The van der Waals surface area contributed by atoms with E-state index in [-0.39, 0.29) is 25.9 Å². The molecule has 0 fully saturated rings. The number of benzene rings is 1. The zero-order chi connectivity index (χ0) is 22.3. The van der Waals surface area contributed by atoms with Gasteiger partial charge >= 0.3 is 0 Å². The topological polar surface area (TPSA) is 115 Å². The van der Waals surface area contributed by atoms with Gasteiger partial charge in [0.25, 0.3) is 0 Å². The highest BCUT2D eigenvalue weighted by atomic mass is 16.7. The van der Waals surface area contributed by atoms with Crippen LogP contribution in [-0.4, -0.2) is 63.6 Å². The molecule has 0 atom stereocenters. The zero-order valence-corrected chi connectivity index (χ0v) is 17.9. The Morgan fingerprint density at radius 1 is 1.25 bits per heavy atom. The van der Waals surface area contributed by atoms with Crippen LogP contribution in [0.15, 0.2) is 43.0 Å². The van der Waals surface area contributed by atoms with Crippen molar-refractivity contribution in [2.75, 3.05) is 37.9 Å². The average molecular weight is 438 g/mol. The summed E-state index contributed by atoms with van der Waals surface area (Å²) in [4.78, 5) is 27.6. The molecular weight excluding hydrogens is 412 g/mol. The third-order valence-electron chi connectivity index (χ3n) is 4.98. The van der Waals surface area contributed by atoms with Gasteiger partial charge in [-0.2, -0.15) is 4.98 Å². The molecule has 1 aliphatic rings. The molecule has 0 spiro atoms. The predicted molar refractivity (Wildman–Crippen MR) is 117 cm³/mol. The number of aromatic nitrogens is 4. The van der Waals surface area contributed by atoms with Gasteiger partial charge in [0.15, 0.2) is 11.5 Å². The van der Waals surface area contributed by atoms with Crippen molar-refractivity contribution in [3.05, 3.63) is 54.2 Å². The minimum Gasteiger partial charge on any atom is -0.454 e. The van der Waals surface area contributed by atoms with Gasteiger partial charge in [-0.1, -0.05) is 6.07 Å². The van der Waals surface area contributed by atoms with Crippen LogP contribution < -0.4 is 19.7 Å². The van der Waals surface area contributed by atoms with Crippen LogP contribution in [0.2, 0.25) is 0 Å². The third kappa shape index (κ3) is 5.33. The smallest absolute Gasteiger partial charge is 0.239 e. The fourth-order valence-electron chi connectivity index (χ4n) is 3.40. The summed E-state index contributed by atoms with van der Waals surface area (Å²) in [6, 6.07) is 7.61. The number of anilines is 1. The van der Waals surface area contributed by atoms with Gasteiger partial charge in [0, 0.05) is 43.9 Å². The predicted octanol–water partition coefficient (Wildman–Crippen LogP) is 1.25. The lowest BCUT2D eigenvalue weighted by molar-refractivity contribution is -0.119. The third-order valence-corrected chi connectivity index (χ3v) is 4.98. The quantitative estimate of drug-likeness (QED) is 0.486. The molecule has 0 aliphatic carbocycles. The molecule has 0 saturated carbocycles. The van der Waals surface area contributed by atoms with Gasteiger partial charge in [-0.3, -0.25) is 9.36 Å². The summed E-state index contributed by atoms with van der Waals surface area (Å²) in [7, 11) is 0. The Bertz CT molecular complexity index is 1060. The molecule has 1 aromatic carbocycles. The zero-order valence-electron chi connectivity index (χ0n) is 17.9. The van der Waals surface area contributed by atoms with Gasteiger partial charge in [-0.25, -0.2) is 9.97 Å². The van der Waals surface area contributed by atoms with Crippen molar-refractivity contribution in [2.24, 2.45) is 0 Å². The molecule has 1 aliphatic heterocycles. The van der Waals surface area contributed by atoms with Crippen molar-refractivity contribution in [1.29, 1.82) is 0 Å². The second-order valence-corrected chi connectivity index (χ2v) is 7.42. The maximum Gasteiger partial charge on any atom is 0.239 e. The van der Waals surface area contributed by atoms with E-state index in [2.05, 4.69) is 20.3 Å². The summed E-state index contributed by atoms with van der Waals surface area (Å²) in [5, 5.41) is 12.3. The second-order valence-electron chi connectivity index (χ2n) is 7.42. The number of aryl methyl sites for hydroxylation is 1. The lowest BCUT2D eigenvalue weighted by atomic mass is 10.1. The summed E-state index contributed by atoms with van der Waals surface area (Å²) >= 11 is 0. The van der Waals surface area contributed by atoms with Crippen molar-refractivity contribution >= 4 is 11.7 Å². The molecule has 10 nitrogen and oxygen atoms in total. The number of amides is 1. The molecule has 1 amide bonds. The Morgan fingerprint density at radius 3 is 2.94 bits per heavy atom. The number of ether oxygens (including phenoxy) is 2. The van der Waals surface area contributed by atoms with Crippen LogP contribution >= 0.6 is 0 Å². The highest BCUT2D eigenvalue weighted by Gasteiger charge is 2.16. The fraction of sp³-hybridized carbons (Fsp3) is 0.364. The molecule has 0 radical (unpaired) electrons. The van der Waals surface area contributed by atoms with Crippen molar-refractivity contribution in [1.82, 2.24) is 24.8 Å². The molecule has 10 heteroatoms. The van der Waals surface area contributed by atoms with Gasteiger partial charge < -0.3 is 24.8 Å². The molecule has 3 heterocycles. The first-order valence-electron chi connectivity index (χ1n) is 10.5. The first-order valence-corrected chi connectivity index (χ1v) is 10.5. The van der Waals surface area contributed by atoms with Gasteiger partial charge in [0.2, 0.25) is 18.6 Å². The van der Waals surface area contributed by atoms with Gasteiger partial charge in [-0.05, 0) is 37.5 Å². The minimum absolute atomic E-state index is 0.0284. The summed E-state index contributed by atoms with van der Waals surface area (Å²) in [6.07, 6.45) is 6.24. The molecular formula is C22H26N6O4. The Labute approximate surface area is 185 Å². The number of nitrogens with zero attached hydrogens (tertiary/aromatic N) is 5. The van der Waals surface area contributed by atoms with E-state index >= 15 is 0 Å². The molecule has 0 saturated heterocycles. The van der Waals surface area contributed by atoms with Crippen molar-refractivity contribution < 1.29 is 19.4 Å². The molecule has 3 aromatic rings. The number of carbonyl (C=O) groups is 1. The molecule has 0 unspecified atom stereocenters. The molecule has 2 aromatic heterocycles. The monoisotopic (exact) mass is 438 g/mol. The largest absolute Gasteiger partial charge is 0.454 e. The van der Waals surface area contributed by atoms with Crippen LogP contribution in [0, 0.1) is 6.92 Å².